The van der Waals surface area contributed by atoms with Crippen LogP contribution in [-0.4, -0.2) is 52.3 Å². The van der Waals surface area contributed by atoms with Crippen LogP contribution in [0.1, 0.15) is 27.4 Å². The number of nitrogens with one attached hydrogen (secondary N) is 1. The van der Waals surface area contributed by atoms with Gasteiger partial charge in [-0.3, -0.25) is 14.9 Å². The number of rotatable bonds is 3. The Morgan fingerprint density at radius 2 is 2.30 bits per heavy atom. The van der Waals surface area contributed by atoms with Gasteiger partial charge in [0.1, 0.15) is 0 Å². The molecule has 0 saturated carbocycles. The molecule has 6 heteroatoms. The van der Waals surface area contributed by atoms with Crippen LogP contribution in [0, 0.1) is 19.8 Å². The number of carbonyl (C=O) groups is 1. The van der Waals surface area contributed by atoms with Gasteiger partial charge in [-0.25, -0.2) is 0 Å². The predicted octanol–water partition coefficient (Wildman–Crippen LogP) is 1.75. The van der Waals surface area contributed by atoms with Crippen molar-refractivity contribution < 1.29 is 9.53 Å². The van der Waals surface area contributed by atoms with E-state index in [-0.39, 0.29) is 11.8 Å². The molecule has 0 spiro atoms. The smallest absolute Gasteiger partial charge is 0.257 e. The Kier molecular flexibility index (Phi) is 4.71. The average Bonchev–Trinajstić information content (AvgIpc) is 2.81. The van der Waals surface area contributed by atoms with E-state index < -0.39 is 0 Å². The monoisotopic (exact) mass is 314 g/mol. The van der Waals surface area contributed by atoms with Gasteiger partial charge in [0.15, 0.2) is 0 Å². The Morgan fingerprint density at radius 1 is 1.43 bits per heavy atom. The maximum absolute atomic E-state index is 12.7. The summed E-state index contributed by atoms with van der Waals surface area (Å²) in [4.78, 5) is 19.1. The van der Waals surface area contributed by atoms with Crippen LogP contribution in [0.3, 0.4) is 0 Å². The van der Waals surface area contributed by atoms with E-state index >= 15 is 0 Å². The number of H-pyrrole nitrogens is 1. The van der Waals surface area contributed by atoms with Crippen LogP contribution in [0.25, 0.3) is 0 Å². The second-order valence-corrected chi connectivity index (χ2v) is 6.08. The fourth-order valence-corrected chi connectivity index (χ4v) is 2.93. The lowest BCUT2D eigenvalue weighted by atomic mass is 10.0. The molecule has 23 heavy (non-hydrogen) atoms. The number of nitrogens with zero attached hydrogens (tertiary/aromatic N) is 3. The van der Waals surface area contributed by atoms with E-state index in [0.29, 0.717) is 31.9 Å². The lowest BCUT2D eigenvalue weighted by molar-refractivity contribution is 0.0736. The summed E-state index contributed by atoms with van der Waals surface area (Å²) >= 11 is 0. The van der Waals surface area contributed by atoms with Gasteiger partial charge in [0.2, 0.25) is 0 Å². The molecule has 1 saturated heterocycles. The zero-order valence-electron chi connectivity index (χ0n) is 13.6. The summed E-state index contributed by atoms with van der Waals surface area (Å²) in [7, 11) is 0. The standard InChI is InChI=1S/C17H22N4O2/c1-12-4-3-5-15(19-12)8-14-10-21(6-7-23-11-14)17(22)16-9-18-20-13(16)2/h3-5,9,14H,6-8,10-11H2,1-2H3,(H,18,20)/t14-/m1/s1. The summed E-state index contributed by atoms with van der Waals surface area (Å²) in [6.45, 7) is 6.37. The topological polar surface area (TPSA) is 71.1 Å². The normalized spacial score (nSPS) is 18.7. The minimum Gasteiger partial charge on any atom is -0.379 e. The first kappa shape index (κ1) is 15.7. The van der Waals surface area contributed by atoms with Crippen molar-refractivity contribution in [2.75, 3.05) is 26.3 Å². The molecule has 6 nitrogen and oxygen atoms in total. The zero-order chi connectivity index (χ0) is 16.2. The highest BCUT2D eigenvalue weighted by atomic mass is 16.5. The van der Waals surface area contributed by atoms with Gasteiger partial charge in [-0.15, -0.1) is 0 Å². The first-order valence-corrected chi connectivity index (χ1v) is 7.93. The third-order valence-corrected chi connectivity index (χ3v) is 4.13. The van der Waals surface area contributed by atoms with Crippen molar-refractivity contribution in [3.63, 3.8) is 0 Å². The van der Waals surface area contributed by atoms with Gasteiger partial charge in [0.05, 0.1) is 25.0 Å². The molecule has 1 aliphatic rings. The van der Waals surface area contributed by atoms with Crippen molar-refractivity contribution in [1.29, 1.82) is 0 Å². The molecule has 1 aliphatic heterocycles. The maximum Gasteiger partial charge on any atom is 0.257 e. The molecule has 1 N–H and O–H groups in total. The molecule has 1 atom stereocenters. The fourth-order valence-electron chi connectivity index (χ4n) is 2.93. The van der Waals surface area contributed by atoms with E-state index in [1.54, 1.807) is 6.20 Å². The number of amides is 1. The summed E-state index contributed by atoms with van der Waals surface area (Å²) in [6, 6.07) is 6.04. The number of hydrogen-bond donors (Lipinski definition) is 1. The molecule has 0 aromatic carbocycles. The number of aryl methyl sites for hydroxylation is 2. The van der Waals surface area contributed by atoms with Gasteiger partial charge in [-0.1, -0.05) is 6.07 Å². The van der Waals surface area contributed by atoms with Crippen molar-refractivity contribution in [3.05, 3.63) is 47.0 Å². The van der Waals surface area contributed by atoms with Crippen LogP contribution in [0.2, 0.25) is 0 Å². The summed E-state index contributed by atoms with van der Waals surface area (Å²) in [5, 5.41) is 6.77. The molecule has 122 valence electrons. The Balaban J connectivity index is 1.71. The number of aromatic nitrogens is 3. The highest BCUT2D eigenvalue weighted by Crippen LogP contribution is 2.16. The summed E-state index contributed by atoms with van der Waals surface area (Å²) in [5.41, 5.74) is 3.50. The molecule has 3 heterocycles. The van der Waals surface area contributed by atoms with E-state index in [4.69, 9.17) is 4.74 Å². The van der Waals surface area contributed by atoms with E-state index in [9.17, 15) is 4.79 Å². The largest absolute Gasteiger partial charge is 0.379 e. The molecule has 1 amide bonds. The van der Waals surface area contributed by atoms with Crippen LogP contribution in [0.5, 0.6) is 0 Å². The van der Waals surface area contributed by atoms with Crippen LogP contribution in [0.15, 0.2) is 24.4 Å². The lowest BCUT2D eigenvalue weighted by Gasteiger charge is -2.23. The summed E-state index contributed by atoms with van der Waals surface area (Å²) in [5.74, 6) is 0.270. The van der Waals surface area contributed by atoms with Crippen LogP contribution in [-0.2, 0) is 11.2 Å². The number of aromatic amines is 1. The van der Waals surface area contributed by atoms with Gasteiger partial charge in [-0.05, 0) is 32.4 Å². The second kappa shape index (κ2) is 6.91. The van der Waals surface area contributed by atoms with Crippen molar-refractivity contribution in [3.8, 4) is 0 Å². The SMILES string of the molecule is Cc1cccc(C[C@H]2COCCN(C(=O)c3cn[nH]c3C)C2)n1. The molecular formula is C17H22N4O2. The molecule has 3 rings (SSSR count). The third kappa shape index (κ3) is 3.76. The lowest BCUT2D eigenvalue weighted by Crippen LogP contribution is -2.36. The quantitative estimate of drug-likeness (QED) is 0.937. The number of ether oxygens (including phenoxy) is 1. The molecule has 2 aromatic heterocycles. The Labute approximate surface area is 135 Å². The summed E-state index contributed by atoms with van der Waals surface area (Å²) in [6.07, 6.45) is 2.41. The number of hydrogen-bond acceptors (Lipinski definition) is 4. The average molecular weight is 314 g/mol. The van der Waals surface area contributed by atoms with Crippen molar-refractivity contribution >= 4 is 5.91 Å². The third-order valence-electron chi connectivity index (χ3n) is 4.13. The molecule has 2 aromatic rings. The minimum atomic E-state index is 0.0175. The predicted molar refractivity (Wildman–Crippen MR) is 86.2 cm³/mol. The maximum atomic E-state index is 12.7. The Bertz CT molecular complexity index is 683. The highest BCUT2D eigenvalue weighted by Gasteiger charge is 2.25. The van der Waals surface area contributed by atoms with Gasteiger partial charge in [-0.2, -0.15) is 5.10 Å². The van der Waals surface area contributed by atoms with E-state index in [2.05, 4.69) is 15.2 Å². The van der Waals surface area contributed by atoms with Gasteiger partial charge >= 0.3 is 0 Å². The minimum absolute atomic E-state index is 0.0175. The molecular weight excluding hydrogens is 292 g/mol. The zero-order valence-corrected chi connectivity index (χ0v) is 13.6. The number of carbonyl (C=O) groups excluding carboxylic acids is 1. The first-order valence-electron chi connectivity index (χ1n) is 7.93. The van der Waals surface area contributed by atoms with Crippen molar-refractivity contribution in [1.82, 2.24) is 20.1 Å². The van der Waals surface area contributed by atoms with E-state index in [1.807, 2.05) is 36.9 Å². The van der Waals surface area contributed by atoms with E-state index in [1.165, 1.54) is 0 Å². The Morgan fingerprint density at radius 3 is 3.04 bits per heavy atom. The molecule has 0 aliphatic carbocycles. The Hall–Kier alpha value is -2.21. The van der Waals surface area contributed by atoms with Crippen LogP contribution in [0.4, 0.5) is 0 Å². The van der Waals surface area contributed by atoms with Gasteiger partial charge < -0.3 is 9.64 Å². The van der Waals surface area contributed by atoms with Crippen LogP contribution < -0.4 is 0 Å². The van der Waals surface area contributed by atoms with Crippen LogP contribution >= 0.6 is 0 Å². The van der Waals surface area contributed by atoms with Gasteiger partial charge in [0.25, 0.3) is 5.91 Å². The van der Waals surface area contributed by atoms with Crippen molar-refractivity contribution in [2.24, 2.45) is 5.92 Å². The summed E-state index contributed by atoms with van der Waals surface area (Å²) < 4.78 is 5.69. The first-order chi connectivity index (χ1) is 11.1. The fraction of sp³-hybridized carbons (Fsp3) is 0.471. The molecule has 0 radical (unpaired) electrons. The van der Waals surface area contributed by atoms with E-state index in [0.717, 1.165) is 23.5 Å². The van der Waals surface area contributed by atoms with Gasteiger partial charge in [0, 0.05) is 36.1 Å². The molecule has 0 unspecified atom stereocenters. The molecule has 1 fully saturated rings. The highest BCUT2D eigenvalue weighted by molar-refractivity contribution is 5.95. The van der Waals surface area contributed by atoms with Crippen molar-refractivity contribution in [2.45, 2.75) is 20.3 Å². The second-order valence-electron chi connectivity index (χ2n) is 6.08. The molecule has 0 bridgehead atoms. The number of pyridine rings is 1.